The van der Waals surface area contributed by atoms with Crippen LogP contribution in [0.25, 0.3) is 11.1 Å². The number of ether oxygens (including phenoxy) is 2. The van der Waals surface area contributed by atoms with Crippen molar-refractivity contribution >= 4 is 21.6 Å². The summed E-state index contributed by atoms with van der Waals surface area (Å²) in [5, 5.41) is 31.6. The topological polar surface area (TPSA) is 154 Å². The van der Waals surface area contributed by atoms with Crippen molar-refractivity contribution in [2.45, 2.75) is 43.7 Å². The molecule has 1 aliphatic rings. The molecule has 0 radical (unpaired) electrons. The van der Waals surface area contributed by atoms with Crippen LogP contribution in [0.5, 0.6) is 5.75 Å². The summed E-state index contributed by atoms with van der Waals surface area (Å²) in [5.41, 5.74) is 1.77. The van der Waals surface area contributed by atoms with Crippen molar-refractivity contribution in [3.63, 3.8) is 0 Å². The Morgan fingerprint density at radius 3 is 2.42 bits per heavy atom. The fraction of sp³-hybridized carbons (Fsp3) is 0.409. The molecule has 2 aromatic rings. The fourth-order valence-corrected chi connectivity index (χ4v) is 4.31. The lowest BCUT2D eigenvalue weighted by molar-refractivity contribution is -0.247. The van der Waals surface area contributed by atoms with Gasteiger partial charge >= 0.3 is 12.1 Å². The number of halogens is 3. The Balaban J connectivity index is 2.01. The number of amides is 1. The molecule has 0 aliphatic carbocycles. The van der Waals surface area contributed by atoms with Gasteiger partial charge in [0.2, 0.25) is 16.3 Å². The van der Waals surface area contributed by atoms with Crippen molar-refractivity contribution in [3.8, 4) is 16.9 Å². The van der Waals surface area contributed by atoms with Crippen molar-refractivity contribution in [3.05, 3.63) is 48.0 Å². The van der Waals surface area contributed by atoms with Crippen LogP contribution in [0.3, 0.4) is 0 Å². The molecule has 5 N–H and O–H groups in total. The Morgan fingerprint density at radius 1 is 1.14 bits per heavy atom. The molecule has 5 atom stereocenters. The van der Waals surface area contributed by atoms with E-state index in [0.29, 0.717) is 16.7 Å². The van der Waals surface area contributed by atoms with Gasteiger partial charge in [-0.1, -0.05) is 24.3 Å². The van der Waals surface area contributed by atoms with Crippen LogP contribution in [0.1, 0.15) is 5.56 Å². The van der Waals surface area contributed by atoms with Gasteiger partial charge in [0.05, 0.1) is 12.9 Å². The maximum Gasteiger partial charge on any atom is 0.471 e. The molecule has 1 amide bonds. The first-order chi connectivity index (χ1) is 16.7. The molecular weight excluding hydrogens is 509 g/mol. The number of hydrogen-bond acceptors (Lipinski definition) is 8. The Bertz CT molecular complexity index is 1210. The van der Waals surface area contributed by atoms with Gasteiger partial charge in [0.1, 0.15) is 30.1 Å². The average molecular weight is 535 g/mol. The molecule has 0 saturated carbocycles. The van der Waals surface area contributed by atoms with Gasteiger partial charge in [0, 0.05) is 11.3 Å². The zero-order valence-electron chi connectivity index (χ0n) is 19.1. The highest BCUT2D eigenvalue weighted by molar-refractivity contribution is 7.92. The molecule has 0 spiro atoms. The fourth-order valence-electron chi connectivity index (χ4n) is 3.76. The standard InChI is InChI=1S/C22H25F3N2O8S/c1-11-5-3-8-14(16(11)12-6-4-7-13(9-12)27-36(2,32)33)34-20-17(26-21(31)22(23,24)25)19(30)18(29)15(10-28)35-20/h3-9,15,17-20,27-30H,10H2,1-2H3,(H,26,31)/t15?,17-,18-,19?,20+/m0/s1. The summed E-state index contributed by atoms with van der Waals surface area (Å²) in [6.07, 6.45) is -11.3. The van der Waals surface area contributed by atoms with Gasteiger partial charge in [0.15, 0.2) is 0 Å². The summed E-state index contributed by atoms with van der Waals surface area (Å²) in [4.78, 5) is 11.6. The monoisotopic (exact) mass is 534 g/mol. The number of aryl methyl sites for hydroxylation is 1. The number of carbonyl (C=O) groups excluding carboxylic acids is 1. The quantitative estimate of drug-likeness (QED) is 0.351. The molecular formula is C22H25F3N2O8S. The lowest BCUT2D eigenvalue weighted by Crippen LogP contribution is -2.66. The maximum absolute atomic E-state index is 12.9. The molecule has 14 heteroatoms. The van der Waals surface area contributed by atoms with E-state index in [1.54, 1.807) is 36.5 Å². The van der Waals surface area contributed by atoms with Gasteiger partial charge in [-0.3, -0.25) is 9.52 Å². The molecule has 0 aromatic heterocycles. The summed E-state index contributed by atoms with van der Waals surface area (Å²) < 4.78 is 75.5. The van der Waals surface area contributed by atoms with E-state index in [1.807, 2.05) is 0 Å². The van der Waals surface area contributed by atoms with Crippen LogP contribution in [0.4, 0.5) is 18.9 Å². The summed E-state index contributed by atoms with van der Waals surface area (Å²) in [6.45, 7) is 0.913. The Kier molecular flexibility index (Phi) is 8.15. The first kappa shape index (κ1) is 27.7. The van der Waals surface area contributed by atoms with Gasteiger partial charge in [-0.25, -0.2) is 8.42 Å². The lowest BCUT2D eigenvalue weighted by atomic mass is 9.96. The van der Waals surface area contributed by atoms with Crippen LogP contribution >= 0.6 is 0 Å². The van der Waals surface area contributed by atoms with E-state index in [-0.39, 0.29) is 11.4 Å². The zero-order chi connectivity index (χ0) is 26.8. The highest BCUT2D eigenvalue weighted by atomic mass is 32.2. The van der Waals surface area contributed by atoms with E-state index in [0.717, 1.165) is 6.26 Å². The number of alkyl halides is 3. The van der Waals surface area contributed by atoms with Gasteiger partial charge in [-0.05, 0) is 36.2 Å². The molecule has 1 saturated heterocycles. The molecule has 3 rings (SSSR count). The first-order valence-corrected chi connectivity index (χ1v) is 12.4. The molecule has 1 heterocycles. The van der Waals surface area contributed by atoms with Crippen molar-refractivity contribution < 1.29 is 51.2 Å². The number of sulfonamides is 1. The summed E-state index contributed by atoms with van der Waals surface area (Å²) in [7, 11) is -3.58. The number of anilines is 1. The van der Waals surface area contributed by atoms with Crippen molar-refractivity contribution in [2.75, 3.05) is 17.6 Å². The van der Waals surface area contributed by atoms with E-state index in [1.165, 1.54) is 18.2 Å². The number of aliphatic hydroxyl groups excluding tert-OH is 3. The third-order valence-electron chi connectivity index (χ3n) is 5.37. The minimum atomic E-state index is -5.29. The number of rotatable bonds is 7. The number of carbonyl (C=O) groups is 1. The predicted octanol–water partition coefficient (Wildman–Crippen LogP) is 0.898. The van der Waals surface area contributed by atoms with Gasteiger partial charge in [0.25, 0.3) is 0 Å². The van der Waals surface area contributed by atoms with Gasteiger partial charge in [-0.15, -0.1) is 0 Å². The Morgan fingerprint density at radius 2 is 1.81 bits per heavy atom. The van der Waals surface area contributed by atoms with Crippen LogP contribution in [-0.4, -0.2) is 79.3 Å². The smallest absolute Gasteiger partial charge is 0.462 e. The second-order valence-corrected chi connectivity index (χ2v) is 9.97. The Hall–Kier alpha value is -2.91. The third-order valence-corrected chi connectivity index (χ3v) is 5.97. The van der Waals surface area contributed by atoms with Gasteiger partial charge < -0.3 is 30.1 Å². The van der Waals surface area contributed by atoms with Gasteiger partial charge in [-0.2, -0.15) is 13.2 Å². The largest absolute Gasteiger partial charge is 0.471 e. The van der Waals surface area contributed by atoms with E-state index < -0.39 is 59.4 Å². The molecule has 10 nitrogen and oxygen atoms in total. The maximum atomic E-state index is 12.9. The predicted molar refractivity (Wildman–Crippen MR) is 121 cm³/mol. The summed E-state index contributed by atoms with van der Waals surface area (Å²) in [6, 6.07) is 9.12. The van der Waals surface area contributed by atoms with Crippen molar-refractivity contribution in [1.82, 2.24) is 5.32 Å². The van der Waals surface area contributed by atoms with E-state index in [9.17, 15) is 41.7 Å². The second kappa shape index (κ2) is 10.6. The number of hydrogen-bond donors (Lipinski definition) is 5. The van der Waals surface area contributed by atoms with Crippen LogP contribution in [0, 0.1) is 6.92 Å². The molecule has 36 heavy (non-hydrogen) atoms. The zero-order valence-corrected chi connectivity index (χ0v) is 19.9. The third kappa shape index (κ3) is 6.44. The van der Waals surface area contributed by atoms with E-state index in [4.69, 9.17) is 9.47 Å². The number of aliphatic hydroxyl groups is 3. The molecule has 1 aliphatic heterocycles. The normalized spacial score (nSPS) is 24.7. The van der Waals surface area contributed by atoms with Crippen LogP contribution in [0.15, 0.2) is 42.5 Å². The van der Waals surface area contributed by atoms with E-state index >= 15 is 0 Å². The molecule has 1 fully saturated rings. The number of nitrogens with one attached hydrogen (secondary N) is 2. The second-order valence-electron chi connectivity index (χ2n) is 8.22. The van der Waals surface area contributed by atoms with Crippen molar-refractivity contribution in [2.24, 2.45) is 0 Å². The van der Waals surface area contributed by atoms with Crippen LogP contribution < -0.4 is 14.8 Å². The highest BCUT2D eigenvalue weighted by Gasteiger charge is 2.49. The molecule has 2 unspecified atom stereocenters. The highest BCUT2D eigenvalue weighted by Crippen LogP contribution is 2.36. The van der Waals surface area contributed by atoms with Crippen LogP contribution in [-0.2, 0) is 19.6 Å². The molecule has 198 valence electrons. The minimum Gasteiger partial charge on any atom is -0.462 e. The number of benzene rings is 2. The SMILES string of the molecule is Cc1cccc(O[C@@H]2OC(CO)[C@H](O)C(O)[C@@H]2NC(=O)C(F)(F)F)c1-c1cccc(NS(C)(=O)=O)c1. The Labute approximate surface area is 204 Å². The molecule has 0 bridgehead atoms. The minimum absolute atomic E-state index is 0.0584. The molecule has 2 aromatic carbocycles. The lowest BCUT2D eigenvalue weighted by Gasteiger charge is -2.42. The first-order valence-electron chi connectivity index (χ1n) is 10.6. The van der Waals surface area contributed by atoms with Crippen molar-refractivity contribution in [1.29, 1.82) is 0 Å². The summed E-state index contributed by atoms with van der Waals surface area (Å²) >= 11 is 0. The summed E-state index contributed by atoms with van der Waals surface area (Å²) in [5.74, 6) is -2.33. The van der Waals surface area contributed by atoms with E-state index in [2.05, 4.69) is 4.72 Å². The average Bonchev–Trinajstić information content (AvgIpc) is 2.77. The van der Waals surface area contributed by atoms with Crippen LogP contribution in [0.2, 0.25) is 0 Å².